The lowest BCUT2D eigenvalue weighted by Crippen LogP contribution is -2.41. The molecule has 0 amide bonds. The average Bonchev–Trinajstić information content (AvgIpc) is 2.51. The fraction of sp³-hybridized carbons (Fsp3) is 0.750. The van der Waals surface area contributed by atoms with Crippen molar-refractivity contribution in [1.82, 2.24) is 9.78 Å². The van der Waals surface area contributed by atoms with Gasteiger partial charge in [-0.3, -0.25) is 4.68 Å². The van der Waals surface area contributed by atoms with E-state index in [2.05, 4.69) is 18.9 Å². The maximum atomic E-state index is 9.65. The van der Waals surface area contributed by atoms with E-state index >= 15 is 0 Å². The molecule has 5 heteroatoms. The van der Waals surface area contributed by atoms with Crippen LogP contribution in [-0.2, 0) is 13.5 Å². The molecule has 0 saturated heterocycles. The van der Waals surface area contributed by atoms with Crippen LogP contribution in [0, 0.1) is 18.3 Å². The Morgan fingerprint density at radius 1 is 1.53 bits per heavy atom. The van der Waals surface area contributed by atoms with Crippen LogP contribution < -0.4 is 5.73 Å². The number of hydrogen-bond donors (Lipinski definition) is 2. The van der Waals surface area contributed by atoms with E-state index in [1.807, 2.05) is 14.0 Å². The molecular weight excluding hydrogens is 238 g/mol. The van der Waals surface area contributed by atoms with Gasteiger partial charge in [-0.05, 0) is 19.3 Å². The normalized spacial score (nSPS) is 15.3. The summed E-state index contributed by atoms with van der Waals surface area (Å²) < 4.78 is 1.66. The topological polar surface area (TPSA) is 64.1 Å². The molecule has 0 saturated carbocycles. The third-order valence-corrected chi connectivity index (χ3v) is 4.22. The van der Waals surface area contributed by atoms with Crippen molar-refractivity contribution in [2.24, 2.45) is 24.1 Å². The molecule has 1 aromatic heterocycles. The summed E-state index contributed by atoms with van der Waals surface area (Å²) in [4.78, 5) is 0. The quantitative estimate of drug-likeness (QED) is 0.843. The van der Waals surface area contributed by atoms with Crippen molar-refractivity contribution in [1.29, 1.82) is 0 Å². The molecule has 0 aliphatic carbocycles. The minimum absolute atomic E-state index is 0.0613. The van der Waals surface area contributed by atoms with Crippen LogP contribution in [0.4, 0.5) is 0 Å². The molecular formula is C12H22ClN3O. The van der Waals surface area contributed by atoms with Crippen molar-refractivity contribution >= 4 is 11.6 Å². The Kier molecular flexibility index (Phi) is 4.58. The Labute approximate surface area is 108 Å². The first-order valence-electron chi connectivity index (χ1n) is 5.87. The van der Waals surface area contributed by atoms with Crippen LogP contribution in [-0.4, -0.2) is 28.0 Å². The molecule has 0 bridgehead atoms. The first kappa shape index (κ1) is 14.5. The van der Waals surface area contributed by atoms with E-state index < -0.39 is 0 Å². The zero-order valence-corrected chi connectivity index (χ0v) is 11.8. The van der Waals surface area contributed by atoms with Gasteiger partial charge in [0.1, 0.15) is 5.15 Å². The second-order valence-corrected chi connectivity index (χ2v) is 5.39. The molecule has 3 N–H and O–H groups in total. The van der Waals surface area contributed by atoms with Gasteiger partial charge >= 0.3 is 0 Å². The van der Waals surface area contributed by atoms with Crippen LogP contribution >= 0.6 is 11.6 Å². The second-order valence-electron chi connectivity index (χ2n) is 5.03. The van der Waals surface area contributed by atoms with Gasteiger partial charge in [-0.1, -0.05) is 25.4 Å². The summed E-state index contributed by atoms with van der Waals surface area (Å²) in [6, 6.07) is 0. The van der Waals surface area contributed by atoms with Crippen LogP contribution in [0.3, 0.4) is 0 Å². The maximum Gasteiger partial charge on any atom is 0.130 e. The molecule has 0 fully saturated rings. The number of nitrogens with zero attached hydrogens (tertiary/aromatic N) is 2. The molecule has 0 spiro atoms. The summed E-state index contributed by atoms with van der Waals surface area (Å²) in [5, 5.41) is 14.6. The molecule has 1 aromatic rings. The van der Waals surface area contributed by atoms with E-state index in [-0.39, 0.29) is 17.9 Å². The number of aryl methyl sites for hydroxylation is 2. The van der Waals surface area contributed by atoms with Gasteiger partial charge in [0.15, 0.2) is 0 Å². The molecule has 1 unspecified atom stereocenters. The highest BCUT2D eigenvalue weighted by Crippen LogP contribution is 2.33. The lowest BCUT2D eigenvalue weighted by atomic mass is 9.73. The predicted octanol–water partition coefficient (Wildman–Crippen LogP) is 1.52. The third kappa shape index (κ3) is 2.64. The Balaban J connectivity index is 3.10. The first-order chi connectivity index (χ1) is 7.88. The van der Waals surface area contributed by atoms with Gasteiger partial charge < -0.3 is 10.8 Å². The van der Waals surface area contributed by atoms with Crippen LogP contribution in [0.2, 0.25) is 5.15 Å². The van der Waals surface area contributed by atoms with Crippen LogP contribution in [0.1, 0.15) is 25.1 Å². The number of aliphatic hydroxyl groups is 1. The number of nitrogens with two attached hydrogens (primary N) is 1. The molecule has 98 valence electrons. The summed E-state index contributed by atoms with van der Waals surface area (Å²) in [6.45, 7) is 6.57. The largest absolute Gasteiger partial charge is 0.396 e. The van der Waals surface area contributed by atoms with Crippen LogP contribution in [0.15, 0.2) is 0 Å². The van der Waals surface area contributed by atoms with Gasteiger partial charge in [-0.2, -0.15) is 5.10 Å². The molecule has 4 nitrogen and oxygen atoms in total. The van der Waals surface area contributed by atoms with Gasteiger partial charge in [0, 0.05) is 24.6 Å². The molecule has 17 heavy (non-hydrogen) atoms. The van der Waals surface area contributed by atoms with E-state index in [1.165, 1.54) is 0 Å². The molecule has 0 aliphatic heterocycles. The molecule has 1 atom stereocenters. The first-order valence-corrected chi connectivity index (χ1v) is 6.24. The second kappa shape index (κ2) is 5.38. The van der Waals surface area contributed by atoms with E-state index in [9.17, 15) is 5.11 Å². The number of aromatic nitrogens is 2. The summed E-state index contributed by atoms with van der Waals surface area (Å²) in [7, 11) is 1.82. The van der Waals surface area contributed by atoms with Crippen LogP contribution in [0.25, 0.3) is 0 Å². The standard InChI is InChI=1S/C12H22ClN3O/c1-8(2)12(6-14,7-17)5-10-9(3)15-16(4)11(10)13/h8,17H,5-7,14H2,1-4H3. The van der Waals surface area contributed by atoms with Gasteiger partial charge in [0.25, 0.3) is 0 Å². The molecule has 1 rings (SSSR count). The van der Waals surface area contributed by atoms with Gasteiger partial charge in [-0.25, -0.2) is 0 Å². The zero-order valence-electron chi connectivity index (χ0n) is 11.0. The monoisotopic (exact) mass is 259 g/mol. The van der Waals surface area contributed by atoms with Crippen molar-refractivity contribution in [2.75, 3.05) is 13.2 Å². The Bertz CT molecular complexity index is 383. The number of rotatable bonds is 5. The molecule has 0 radical (unpaired) electrons. The van der Waals surface area contributed by atoms with E-state index in [4.69, 9.17) is 17.3 Å². The lowest BCUT2D eigenvalue weighted by molar-refractivity contribution is 0.0841. The van der Waals surface area contributed by atoms with E-state index in [0.717, 1.165) is 11.3 Å². The van der Waals surface area contributed by atoms with Gasteiger partial charge in [-0.15, -0.1) is 0 Å². The Hall–Kier alpha value is -0.580. The zero-order chi connectivity index (χ0) is 13.2. The number of halogens is 1. The van der Waals surface area contributed by atoms with Crippen molar-refractivity contribution in [3.63, 3.8) is 0 Å². The molecule has 0 aliphatic rings. The van der Waals surface area contributed by atoms with Crippen molar-refractivity contribution in [3.05, 3.63) is 16.4 Å². The van der Waals surface area contributed by atoms with E-state index in [1.54, 1.807) is 4.68 Å². The van der Waals surface area contributed by atoms with Gasteiger partial charge in [0.05, 0.1) is 12.3 Å². The Morgan fingerprint density at radius 3 is 2.41 bits per heavy atom. The van der Waals surface area contributed by atoms with Crippen molar-refractivity contribution in [3.8, 4) is 0 Å². The minimum atomic E-state index is -0.322. The van der Waals surface area contributed by atoms with E-state index in [0.29, 0.717) is 18.1 Å². The van der Waals surface area contributed by atoms with Gasteiger partial charge in [0.2, 0.25) is 0 Å². The lowest BCUT2D eigenvalue weighted by Gasteiger charge is -2.34. The van der Waals surface area contributed by atoms with Crippen molar-refractivity contribution in [2.45, 2.75) is 27.2 Å². The average molecular weight is 260 g/mol. The highest BCUT2D eigenvalue weighted by atomic mass is 35.5. The predicted molar refractivity (Wildman–Crippen MR) is 70.1 cm³/mol. The smallest absolute Gasteiger partial charge is 0.130 e. The fourth-order valence-corrected chi connectivity index (χ4v) is 2.28. The minimum Gasteiger partial charge on any atom is -0.396 e. The summed E-state index contributed by atoms with van der Waals surface area (Å²) >= 11 is 6.22. The summed E-state index contributed by atoms with van der Waals surface area (Å²) in [6.07, 6.45) is 0.663. The van der Waals surface area contributed by atoms with Crippen LogP contribution in [0.5, 0.6) is 0 Å². The third-order valence-electron chi connectivity index (χ3n) is 3.74. The molecule has 0 aromatic carbocycles. The van der Waals surface area contributed by atoms with Crippen molar-refractivity contribution < 1.29 is 5.11 Å². The number of aliphatic hydroxyl groups excluding tert-OH is 1. The number of hydrogen-bond acceptors (Lipinski definition) is 3. The SMILES string of the molecule is Cc1nn(C)c(Cl)c1CC(CN)(CO)C(C)C. The Morgan fingerprint density at radius 2 is 2.12 bits per heavy atom. The summed E-state index contributed by atoms with van der Waals surface area (Å²) in [5.74, 6) is 0.285. The summed E-state index contributed by atoms with van der Waals surface area (Å²) in [5.41, 5.74) is 7.42. The maximum absolute atomic E-state index is 9.65. The molecule has 1 heterocycles. The highest BCUT2D eigenvalue weighted by Gasteiger charge is 2.34. The highest BCUT2D eigenvalue weighted by molar-refractivity contribution is 6.30. The fourth-order valence-electron chi connectivity index (χ4n) is 2.04.